The lowest BCUT2D eigenvalue weighted by Gasteiger charge is -2.07. The van der Waals surface area contributed by atoms with Crippen LogP contribution in [0.1, 0.15) is 20.8 Å². The van der Waals surface area contributed by atoms with Gasteiger partial charge in [-0.15, -0.1) is 11.3 Å². The molecule has 0 saturated carbocycles. The fourth-order valence-electron chi connectivity index (χ4n) is 3.09. The van der Waals surface area contributed by atoms with Gasteiger partial charge < -0.3 is 5.32 Å². The summed E-state index contributed by atoms with van der Waals surface area (Å²) in [5.41, 5.74) is 2.63. The van der Waals surface area contributed by atoms with Crippen molar-refractivity contribution in [1.82, 2.24) is 4.98 Å². The van der Waals surface area contributed by atoms with E-state index in [1.54, 1.807) is 25.1 Å². The van der Waals surface area contributed by atoms with Crippen molar-refractivity contribution in [3.8, 4) is 0 Å². The highest BCUT2D eigenvalue weighted by molar-refractivity contribution is 7.22. The van der Waals surface area contributed by atoms with Gasteiger partial charge in [0.05, 0.1) is 26.6 Å². The summed E-state index contributed by atoms with van der Waals surface area (Å²) in [6.45, 7) is 3.60. The van der Waals surface area contributed by atoms with Gasteiger partial charge in [0.2, 0.25) is 0 Å². The summed E-state index contributed by atoms with van der Waals surface area (Å²) in [6, 6.07) is 12.2. The number of carbonyl (C=O) groups excluding carboxylic acids is 1. The van der Waals surface area contributed by atoms with Crippen LogP contribution in [0.15, 0.2) is 42.5 Å². The van der Waals surface area contributed by atoms with Gasteiger partial charge in [-0.2, -0.15) is 0 Å². The number of thiophene rings is 1. The number of carbonyl (C=O) groups is 1. The molecule has 0 unspecified atom stereocenters. The van der Waals surface area contributed by atoms with Crippen molar-refractivity contribution in [3.63, 3.8) is 0 Å². The minimum absolute atomic E-state index is 0.0390. The van der Waals surface area contributed by atoms with Crippen LogP contribution >= 0.6 is 22.9 Å². The summed E-state index contributed by atoms with van der Waals surface area (Å²) >= 11 is 7.65. The third kappa shape index (κ3) is 3.08. The maximum Gasteiger partial charge on any atom is 0.274 e. The predicted molar refractivity (Wildman–Crippen MR) is 113 cm³/mol. The van der Waals surface area contributed by atoms with Gasteiger partial charge in [0.25, 0.3) is 11.6 Å². The Morgan fingerprint density at radius 3 is 2.71 bits per heavy atom. The topological polar surface area (TPSA) is 85.1 Å². The van der Waals surface area contributed by atoms with Gasteiger partial charge in [0.15, 0.2) is 0 Å². The van der Waals surface area contributed by atoms with E-state index in [4.69, 9.17) is 11.6 Å². The molecule has 1 N–H and O–H groups in total. The largest absolute Gasteiger partial charge is 0.321 e. The summed E-state index contributed by atoms with van der Waals surface area (Å²) in [6.07, 6.45) is 0. The van der Waals surface area contributed by atoms with Crippen molar-refractivity contribution in [3.05, 3.63) is 73.7 Å². The Balaban J connectivity index is 1.78. The zero-order valence-electron chi connectivity index (χ0n) is 14.9. The molecule has 0 bridgehead atoms. The van der Waals surface area contributed by atoms with Gasteiger partial charge in [0.1, 0.15) is 5.15 Å². The van der Waals surface area contributed by atoms with E-state index >= 15 is 0 Å². The van der Waals surface area contributed by atoms with Gasteiger partial charge in [-0.25, -0.2) is 4.98 Å². The van der Waals surface area contributed by atoms with Gasteiger partial charge >= 0.3 is 0 Å². The summed E-state index contributed by atoms with van der Waals surface area (Å²) < 4.78 is 0.889. The molecule has 1 amide bonds. The number of fused-ring (bicyclic) bond motifs is 3. The Morgan fingerprint density at radius 1 is 1.18 bits per heavy atom. The first-order chi connectivity index (χ1) is 13.3. The third-order valence-corrected chi connectivity index (χ3v) is 6.00. The molecule has 4 rings (SSSR count). The number of halogens is 1. The van der Waals surface area contributed by atoms with Crippen molar-refractivity contribution >= 4 is 61.2 Å². The van der Waals surface area contributed by atoms with Crippen LogP contribution < -0.4 is 5.32 Å². The molecule has 4 aromatic rings. The number of rotatable bonds is 3. The minimum Gasteiger partial charge on any atom is -0.321 e. The van der Waals surface area contributed by atoms with Crippen molar-refractivity contribution in [2.45, 2.75) is 13.8 Å². The third-order valence-electron chi connectivity index (χ3n) is 4.54. The Labute approximate surface area is 168 Å². The summed E-state index contributed by atoms with van der Waals surface area (Å²) in [4.78, 5) is 28.3. The molecule has 0 saturated heterocycles. The molecule has 0 aliphatic rings. The van der Waals surface area contributed by atoms with Crippen molar-refractivity contribution in [2.24, 2.45) is 0 Å². The van der Waals surface area contributed by atoms with Crippen LogP contribution in [0.5, 0.6) is 0 Å². The van der Waals surface area contributed by atoms with E-state index in [9.17, 15) is 14.9 Å². The van der Waals surface area contributed by atoms with Crippen LogP contribution in [0.4, 0.5) is 11.4 Å². The first-order valence-corrected chi connectivity index (χ1v) is 9.59. The lowest BCUT2D eigenvalue weighted by Crippen LogP contribution is -2.11. The smallest absolute Gasteiger partial charge is 0.274 e. The first kappa shape index (κ1) is 18.3. The second kappa shape index (κ2) is 6.85. The van der Waals surface area contributed by atoms with E-state index in [1.165, 1.54) is 17.4 Å². The highest BCUT2D eigenvalue weighted by atomic mass is 35.5. The number of amides is 1. The maximum absolute atomic E-state index is 12.8. The molecule has 2 heterocycles. The molecule has 0 aliphatic heterocycles. The van der Waals surface area contributed by atoms with Crippen LogP contribution in [0.2, 0.25) is 5.15 Å². The molecule has 8 heteroatoms. The molecule has 0 radical (unpaired) electrons. The fraction of sp³-hybridized carbons (Fsp3) is 0.100. The molecule has 0 spiro atoms. The molecule has 2 aromatic heterocycles. The van der Waals surface area contributed by atoms with Crippen LogP contribution in [-0.4, -0.2) is 15.8 Å². The van der Waals surface area contributed by atoms with Crippen LogP contribution in [0.3, 0.4) is 0 Å². The Morgan fingerprint density at radius 2 is 1.96 bits per heavy atom. The van der Waals surface area contributed by atoms with Gasteiger partial charge in [-0.3, -0.25) is 14.9 Å². The molecule has 0 aliphatic carbocycles. The van der Waals surface area contributed by atoms with Crippen molar-refractivity contribution in [2.75, 3.05) is 5.32 Å². The molecule has 0 fully saturated rings. The molecule has 6 nitrogen and oxygen atoms in total. The van der Waals surface area contributed by atoms with Gasteiger partial charge in [-0.1, -0.05) is 29.3 Å². The highest BCUT2D eigenvalue weighted by Gasteiger charge is 2.19. The highest BCUT2D eigenvalue weighted by Crippen LogP contribution is 2.36. The number of anilines is 1. The quantitative estimate of drug-likeness (QED) is 0.259. The number of benzene rings is 2. The molecule has 2 aromatic carbocycles. The number of hydrogen-bond donors (Lipinski definition) is 1. The average molecular weight is 412 g/mol. The number of nitrogens with zero attached hydrogens (tertiary/aromatic N) is 2. The molecular formula is C20H14ClN3O3S. The van der Waals surface area contributed by atoms with Crippen LogP contribution in [0.25, 0.3) is 21.0 Å². The number of nitro benzene ring substituents is 1. The van der Waals surface area contributed by atoms with E-state index in [-0.39, 0.29) is 11.6 Å². The van der Waals surface area contributed by atoms with E-state index < -0.39 is 4.92 Å². The van der Waals surface area contributed by atoms with E-state index in [0.717, 1.165) is 21.2 Å². The molecule has 140 valence electrons. The number of pyridine rings is 1. The number of nitrogens with one attached hydrogen (secondary N) is 1. The number of aromatic nitrogens is 1. The van der Waals surface area contributed by atoms with Crippen molar-refractivity contribution < 1.29 is 9.72 Å². The van der Waals surface area contributed by atoms with Gasteiger partial charge in [0, 0.05) is 21.5 Å². The Kier molecular flexibility index (Phi) is 4.49. The van der Waals surface area contributed by atoms with Crippen LogP contribution in [0, 0.1) is 24.0 Å². The second-order valence-electron chi connectivity index (χ2n) is 6.44. The number of aryl methyl sites for hydroxylation is 1. The van der Waals surface area contributed by atoms with Crippen LogP contribution in [-0.2, 0) is 0 Å². The standard InChI is InChI=1S/C20H14ClN3O3S/c1-10-6-7-15-12(8-10)18-13(19(21)22-15)9-17(28-18)20(25)23-14-4-3-5-16(11(14)2)24(26)27/h3-9H,1-2H3,(H,23,25). The lowest BCUT2D eigenvalue weighted by molar-refractivity contribution is -0.385. The predicted octanol–water partition coefficient (Wildman–Crippen LogP) is 5.88. The zero-order valence-corrected chi connectivity index (χ0v) is 16.5. The molecular weight excluding hydrogens is 398 g/mol. The second-order valence-corrected chi connectivity index (χ2v) is 7.85. The summed E-state index contributed by atoms with van der Waals surface area (Å²) in [7, 11) is 0. The lowest BCUT2D eigenvalue weighted by atomic mass is 10.1. The molecule has 0 atom stereocenters. The fourth-order valence-corrected chi connectivity index (χ4v) is 4.47. The van der Waals surface area contributed by atoms with E-state index in [2.05, 4.69) is 10.3 Å². The summed E-state index contributed by atoms with van der Waals surface area (Å²) in [5, 5.41) is 15.9. The monoisotopic (exact) mass is 411 g/mol. The normalized spacial score (nSPS) is 11.1. The number of hydrogen-bond acceptors (Lipinski definition) is 5. The van der Waals surface area contributed by atoms with E-state index in [0.29, 0.717) is 26.7 Å². The minimum atomic E-state index is -0.468. The zero-order chi connectivity index (χ0) is 20.0. The summed E-state index contributed by atoms with van der Waals surface area (Å²) in [5.74, 6) is -0.346. The average Bonchev–Trinajstić information content (AvgIpc) is 3.10. The first-order valence-electron chi connectivity index (χ1n) is 8.40. The maximum atomic E-state index is 12.8. The SMILES string of the molecule is Cc1ccc2nc(Cl)c3cc(C(=O)Nc4cccc([N+](=O)[O-])c4C)sc3c2c1. The van der Waals surface area contributed by atoms with Crippen molar-refractivity contribution in [1.29, 1.82) is 0 Å². The Hall–Kier alpha value is -3.03. The molecule has 28 heavy (non-hydrogen) atoms. The van der Waals surface area contributed by atoms with E-state index in [1.807, 2.05) is 25.1 Å². The Bertz CT molecular complexity index is 1280. The van der Waals surface area contributed by atoms with Gasteiger partial charge in [-0.05, 0) is 38.1 Å². The number of nitro groups is 1.